The molecule has 0 saturated heterocycles. The molecular weight excluding hydrogens is 210 g/mol. The van der Waals surface area contributed by atoms with Crippen molar-refractivity contribution in [3.05, 3.63) is 41.1 Å². The van der Waals surface area contributed by atoms with Crippen LogP contribution >= 0.6 is 11.6 Å². The summed E-state index contributed by atoms with van der Waals surface area (Å²) >= 11 is 6.04. The molecule has 0 amide bonds. The van der Waals surface area contributed by atoms with E-state index in [9.17, 15) is 0 Å². The van der Waals surface area contributed by atoms with Crippen LogP contribution in [0, 0.1) is 13.8 Å². The molecule has 2 aromatic rings. The summed E-state index contributed by atoms with van der Waals surface area (Å²) in [5.41, 5.74) is 2.54. The molecule has 0 aliphatic carbocycles. The molecule has 0 atom stereocenters. The topological polar surface area (TPSA) is 38.7 Å². The molecule has 3 nitrogen and oxygen atoms in total. The second-order valence-corrected chi connectivity index (χ2v) is 3.64. The monoisotopic (exact) mass is 219 g/mol. The van der Waals surface area contributed by atoms with E-state index in [1.54, 1.807) is 6.20 Å². The van der Waals surface area contributed by atoms with Gasteiger partial charge in [-0.25, -0.2) is 15.0 Å². The molecule has 2 rings (SSSR count). The number of hydrogen-bond acceptors (Lipinski definition) is 3. The zero-order valence-corrected chi connectivity index (χ0v) is 9.28. The van der Waals surface area contributed by atoms with Crippen molar-refractivity contribution >= 4 is 11.6 Å². The van der Waals surface area contributed by atoms with Crippen LogP contribution < -0.4 is 0 Å². The predicted octanol–water partition coefficient (Wildman–Crippen LogP) is 2.81. The lowest BCUT2D eigenvalue weighted by atomic mass is 10.2. The van der Waals surface area contributed by atoms with Crippen LogP contribution in [0.3, 0.4) is 0 Å². The molecule has 15 heavy (non-hydrogen) atoms. The lowest BCUT2D eigenvalue weighted by molar-refractivity contribution is 1.05. The normalized spacial score (nSPS) is 10.3. The van der Waals surface area contributed by atoms with E-state index in [1.807, 2.05) is 32.0 Å². The fourth-order valence-corrected chi connectivity index (χ4v) is 1.62. The van der Waals surface area contributed by atoms with Crippen LogP contribution in [-0.2, 0) is 0 Å². The van der Waals surface area contributed by atoms with Gasteiger partial charge < -0.3 is 0 Å². The van der Waals surface area contributed by atoms with Crippen molar-refractivity contribution in [1.82, 2.24) is 15.0 Å². The highest BCUT2D eigenvalue weighted by Gasteiger charge is 2.06. The molecular formula is C11H10ClN3. The smallest absolute Gasteiger partial charge is 0.138 e. The largest absolute Gasteiger partial charge is 0.242 e. The average molecular weight is 220 g/mol. The lowest BCUT2D eigenvalue weighted by Gasteiger charge is -2.03. The maximum Gasteiger partial charge on any atom is 0.138 e. The zero-order chi connectivity index (χ0) is 10.8. The van der Waals surface area contributed by atoms with Gasteiger partial charge in [0, 0.05) is 17.5 Å². The van der Waals surface area contributed by atoms with Gasteiger partial charge in [0.1, 0.15) is 11.0 Å². The summed E-state index contributed by atoms with van der Waals surface area (Å²) in [5.74, 6) is 0.726. The Morgan fingerprint density at radius 1 is 1.07 bits per heavy atom. The summed E-state index contributed by atoms with van der Waals surface area (Å²) in [6.07, 6.45) is 1.72. The fraction of sp³-hybridized carbons (Fsp3) is 0.182. The molecule has 0 N–H and O–H groups in total. The van der Waals surface area contributed by atoms with Gasteiger partial charge in [-0.1, -0.05) is 11.6 Å². The second-order valence-electron chi connectivity index (χ2n) is 3.28. The molecule has 0 unspecified atom stereocenters. The van der Waals surface area contributed by atoms with E-state index in [4.69, 9.17) is 11.6 Å². The third-order valence-electron chi connectivity index (χ3n) is 2.04. The van der Waals surface area contributed by atoms with Crippen molar-refractivity contribution in [3.8, 4) is 11.3 Å². The molecule has 0 aliphatic heterocycles. The van der Waals surface area contributed by atoms with Crippen molar-refractivity contribution in [1.29, 1.82) is 0 Å². The van der Waals surface area contributed by atoms with Crippen LogP contribution in [0.1, 0.15) is 11.5 Å². The minimum Gasteiger partial charge on any atom is -0.242 e. The van der Waals surface area contributed by atoms with Crippen molar-refractivity contribution in [2.24, 2.45) is 0 Å². The van der Waals surface area contributed by atoms with Crippen LogP contribution in [0.4, 0.5) is 0 Å². The van der Waals surface area contributed by atoms with E-state index in [0.717, 1.165) is 22.8 Å². The first kappa shape index (κ1) is 10.1. The molecule has 2 aromatic heterocycles. The van der Waals surface area contributed by atoms with Gasteiger partial charge in [-0.2, -0.15) is 0 Å². The Morgan fingerprint density at radius 2 is 1.87 bits per heavy atom. The Labute approximate surface area is 93.2 Å². The van der Waals surface area contributed by atoms with Crippen molar-refractivity contribution in [2.45, 2.75) is 13.8 Å². The number of aryl methyl sites for hydroxylation is 2. The minimum atomic E-state index is 0.480. The molecule has 0 radical (unpaired) electrons. The van der Waals surface area contributed by atoms with Crippen LogP contribution in [0.15, 0.2) is 24.4 Å². The molecule has 0 saturated carbocycles. The standard InChI is InChI=1S/C11H10ClN3/c1-7-3-4-9(11(12)14-7)10-5-6-13-8(2)15-10/h3-6H,1-2H3. The van der Waals surface area contributed by atoms with Gasteiger partial charge in [0.25, 0.3) is 0 Å². The van der Waals surface area contributed by atoms with Gasteiger partial charge >= 0.3 is 0 Å². The lowest BCUT2D eigenvalue weighted by Crippen LogP contribution is -1.92. The summed E-state index contributed by atoms with van der Waals surface area (Å²) in [4.78, 5) is 12.5. The Kier molecular flexibility index (Phi) is 2.64. The summed E-state index contributed by atoms with van der Waals surface area (Å²) < 4.78 is 0. The molecule has 4 heteroatoms. The van der Waals surface area contributed by atoms with Gasteiger partial charge in [-0.05, 0) is 32.0 Å². The maximum absolute atomic E-state index is 6.04. The molecule has 0 aliphatic rings. The van der Waals surface area contributed by atoms with Crippen molar-refractivity contribution < 1.29 is 0 Å². The van der Waals surface area contributed by atoms with E-state index in [-0.39, 0.29) is 0 Å². The average Bonchev–Trinajstić information content (AvgIpc) is 2.17. The fourth-order valence-electron chi connectivity index (χ4n) is 1.32. The van der Waals surface area contributed by atoms with Crippen molar-refractivity contribution in [2.75, 3.05) is 0 Å². The first-order chi connectivity index (χ1) is 7.16. The Bertz CT molecular complexity index is 497. The van der Waals surface area contributed by atoms with E-state index in [1.165, 1.54) is 0 Å². The summed E-state index contributed by atoms with van der Waals surface area (Å²) in [5, 5.41) is 0.480. The SMILES string of the molecule is Cc1ccc(-c2ccnc(C)n2)c(Cl)n1. The highest BCUT2D eigenvalue weighted by Crippen LogP contribution is 2.24. The Morgan fingerprint density at radius 3 is 2.53 bits per heavy atom. The highest BCUT2D eigenvalue weighted by molar-refractivity contribution is 6.32. The van der Waals surface area contributed by atoms with E-state index < -0.39 is 0 Å². The van der Waals surface area contributed by atoms with E-state index >= 15 is 0 Å². The molecule has 76 valence electrons. The first-order valence-corrected chi connectivity index (χ1v) is 4.98. The Balaban J connectivity index is 2.54. The van der Waals surface area contributed by atoms with Gasteiger partial charge in [0.2, 0.25) is 0 Å². The predicted molar refractivity (Wildman–Crippen MR) is 59.7 cm³/mol. The number of nitrogens with zero attached hydrogens (tertiary/aromatic N) is 3. The van der Waals surface area contributed by atoms with Crippen molar-refractivity contribution in [3.63, 3.8) is 0 Å². The number of rotatable bonds is 1. The van der Waals surface area contributed by atoms with Gasteiger partial charge in [0.05, 0.1) is 5.69 Å². The minimum absolute atomic E-state index is 0.480. The maximum atomic E-state index is 6.04. The summed E-state index contributed by atoms with van der Waals surface area (Å²) in [6, 6.07) is 5.66. The van der Waals surface area contributed by atoms with E-state index in [0.29, 0.717) is 5.15 Å². The Hall–Kier alpha value is -1.48. The third-order valence-corrected chi connectivity index (χ3v) is 2.33. The van der Waals surface area contributed by atoms with Crippen LogP contribution in [0.2, 0.25) is 5.15 Å². The van der Waals surface area contributed by atoms with Gasteiger partial charge in [-0.3, -0.25) is 0 Å². The number of hydrogen-bond donors (Lipinski definition) is 0. The van der Waals surface area contributed by atoms with E-state index in [2.05, 4.69) is 15.0 Å². The third kappa shape index (κ3) is 2.13. The quantitative estimate of drug-likeness (QED) is 0.693. The molecule has 0 fully saturated rings. The van der Waals surface area contributed by atoms with Gasteiger partial charge in [0.15, 0.2) is 0 Å². The number of halogens is 1. The molecule has 0 bridgehead atoms. The van der Waals surface area contributed by atoms with Gasteiger partial charge in [-0.15, -0.1) is 0 Å². The molecule has 2 heterocycles. The first-order valence-electron chi connectivity index (χ1n) is 4.60. The van der Waals surface area contributed by atoms with Crippen LogP contribution in [-0.4, -0.2) is 15.0 Å². The number of pyridine rings is 1. The highest BCUT2D eigenvalue weighted by atomic mass is 35.5. The van der Waals surface area contributed by atoms with Crippen LogP contribution in [0.5, 0.6) is 0 Å². The zero-order valence-electron chi connectivity index (χ0n) is 8.53. The summed E-state index contributed by atoms with van der Waals surface area (Å²) in [6.45, 7) is 3.75. The summed E-state index contributed by atoms with van der Waals surface area (Å²) in [7, 11) is 0. The second kappa shape index (κ2) is 3.95. The van der Waals surface area contributed by atoms with Crippen LogP contribution in [0.25, 0.3) is 11.3 Å². The molecule has 0 aromatic carbocycles. The molecule has 0 spiro atoms. The number of aromatic nitrogens is 3.